The van der Waals surface area contributed by atoms with Crippen molar-refractivity contribution in [3.63, 3.8) is 0 Å². The highest BCUT2D eigenvalue weighted by molar-refractivity contribution is 7.99. The molecule has 0 radical (unpaired) electrons. The van der Waals surface area contributed by atoms with Crippen LogP contribution in [0.15, 0.2) is 64.4 Å². The first-order chi connectivity index (χ1) is 11.5. The number of ether oxygens (including phenoxy) is 2. The summed E-state index contributed by atoms with van der Waals surface area (Å²) in [6, 6.07) is 19.1. The zero-order valence-electron chi connectivity index (χ0n) is 14.6. The van der Waals surface area contributed by atoms with Gasteiger partial charge in [0.05, 0.1) is 34.4 Å². The Bertz CT molecular complexity index is 637. The van der Waals surface area contributed by atoms with Crippen molar-refractivity contribution >= 4 is 11.8 Å². The summed E-state index contributed by atoms with van der Waals surface area (Å²) in [7, 11) is 6.55. The van der Waals surface area contributed by atoms with Gasteiger partial charge >= 0.3 is 0 Å². The summed E-state index contributed by atoms with van der Waals surface area (Å²) >= 11 is 1.78. The molecule has 0 aromatic heterocycles. The van der Waals surface area contributed by atoms with Crippen LogP contribution in [0, 0.1) is 0 Å². The van der Waals surface area contributed by atoms with Crippen molar-refractivity contribution in [2.24, 2.45) is 0 Å². The number of hydrogen-bond donors (Lipinski definition) is 0. The maximum absolute atomic E-state index is 6.26. The van der Waals surface area contributed by atoms with Crippen molar-refractivity contribution < 1.29 is 14.0 Å². The van der Waals surface area contributed by atoms with Gasteiger partial charge in [-0.1, -0.05) is 42.1 Å². The minimum absolute atomic E-state index is 0.0334. The number of likely N-dealkylation sites (N-methyl/N-ethyl adjacent to an activating group) is 1. The lowest BCUT2D eigenvalue weighted by molar-refractivity contribution is -0.874. The molecule has 1 fully saturated rings. The van der Waals surface area contributed by atoms with E-state index in [4.69, 9.17) is 9.47 Å². The molecule has 0 aliphatic carbocycles. The third-order valence-electron chi connectivity index (χ3n) is 3.91. The van der Waals surface area contributed by atoms with Crippen LogP contribution in [0.2, 0.25) is 0 Å². The zero-order valence-corrected chi connectivity index (χ0v) is 15.5. The van der Waals surface area contributed by atoms with Gasteiger partial charge in [0.15, 0.2) is 0 Å². The van der Waals surface area contributed by atoms with Gasteiger partial charge in [0.1, 0.15) is 18.8 Å². The summed E-state index contributed by atoms with van der Waals surface area (Å²) in [4.78, 5) is 2.50. The van der Waals surface area contributed by atoms with Crippen LogP contribution in [0.1, 0.15) is 11.7 Å². The van der Waals surface area contributed by atoms with Crippen LogP contribution in [0.3, 0.4) is 0 Å². The average molecular weight is 345 g/mol. The normalized spacial score (nSPS) is 21.6. The molecular formula is C20H26NO2S+. The van der Waals surface area contributed by atoms with Gasteiger partial charge in [0.2, 0.25) is 0 Å². The first-order valence-electron chi connectivity index (χ1n) is 8.36. The predicted molar refractivity (Wildman–Crippen MR) is 98.3 cm³/mol. The highest BCUT2D eigenvalue weighted by atomic mass is 32.2. The Balaban J connectivity index is 1.62. The molecule has 1 heterocycles. The molecule has 2 aromatic carbocycles. The van der Waals surface area contributed by atoms with Gasteiger partial charge in [-0.05, 0) is 29.8 Å². The highest BCUT2D eigenvalue weighted by Gasteiger charge is 2.28. The molecule has 1 aliphatic rings. The van der Waals surface area contributed by atoms with Crippen LogP contribution in [0.5, 0.6) is 0 Å². The Morgan fingerprint density at radius 1 is 0.917 bits per heavy atom. The van der Waals surface area contributed by atoms with Crippen molar-refractivity contribution in [1.29, 1.82) is 0 Å². The molecule has 1 saturated heterocycles. The Morgan fingerprint density at radius 3 is 2.25 bits per heavy atom. The fourth-order valence-electron chi connectivity index (χ4n) is 2.87. The molecule has 3 nitrogen and oxygen atoms in total. The SMILES string of the molecule is C[N+](C)(C)C[C@@H]1COC[C@@H](c2ccc(Sc3ccccc3)cc2)O1. The van der Waals surface area contributed by atoms with E-state index in [9.17, 15) is 0 Å². The van der Waals surface area contributed by atoms with Crippen LogP contribution in [-0.4, -0.2) is 51.5 Å². The third kappa shape index (κ3) is 5.08. The van der Waals surface area contributed by atoms with E-state index in [-0.39, 0.29) is 12.2 Å². The molecular weight excluding hydrogens is 318 g/mol. The molecule has 0 unspecified atom stereocenters. The van der Waals surface area contributed by atoms with E-state index in [1.807, 2.05) is 6.07 Å². The molecule has 128 valence electrons. The van der Waals surface area contributed by atoms with Gasteiger partial charge < -0.3 is 14.0 Å². The first kappa shape index (κ1) is 17.5. The molecule has 4 heteroatoms. The Kier molecular flexibility index (Phi) is 5.61. The molecule has 0 bridgehead atoms. The van der Waals surface area contributed by atoms with E-state index in [1.54, 1.807) is 11.8 Å². The molecule has 0 saturated carbocycles. The molecule has 24 heavy (non-hydrogen) atoms. The van der Waals surface area contributed by atoms with Crippen molar-refractivity contribution in [3.05, 3.63) is 60.2 Å². The molecule has 2 aromatic rings. The van der Waals surface area contributed by atoms with Crippen LogP contribution in [-0.2, 0) is 9.47 Å². The zero-order chi connectivity index (χ0) is 17.0. The maximum Gasteiger partial charge on any atom is 0.130 e. The summed E-state index contributed by atoms with van der Waals surface area (Å²) in [5.41, 5.74) is 1.19. The second kappa shape index (κ2) is 7.70. The predicted octanol–water partition coefficient (Wildman–Crippen LogP) is 4.00. The van der Waals surface area contributed by atoms with Crippen molar-refractivity contribution in [1.82, 2.24) is 0 Å². The van der Waals surface area contributed by atoms with Gasteiger partial charge in [-0.25, -0.2) is 0 Å². The molecule has 2 atom stereocenters. The lowest BCUT2D eigenvalue weighted by Crippen LogP contribution is -2.46. The minimum Gasteiger partial charge on any atom is -0.375 e. The van der Waals surface area contributed by atoms with Crippen molar-refractivity contribution in [3.8, 4) is 0 Å². The summed E-state index contributed by atoms with van der Waals surface area (Å²) in [6.07, 6.45) is 0.188. The molecule has 0 spiro atoms. The number of hydrogen-bond acceptors (Lipinski definition) is 3. The fourth-order valence-corrected chi connectivity index (χ4v) is 3.71. The molecule has 1 aliphatic heterocycles. The van der Waals surface area contributed by atoms with E-state index in [0.29, 0.717) is 13.2 Å². The van der Waals surface area contributed by atoms with Crippen LogP contribution in [0.4, 0.5) is 0 Å². The standard InChI is InChI=1S/C20H26NO2S/c1-21(2,3)13-17-14-22-15-20(23-17)16-9-11-19(12-10-16)24-18-7-5-4-6-8-18/h4-12,17,20H,13-15H2,1-3H3/q+1/t17-,20+/m1/s1. The quantitative estimate of drug-likeness (QED) is 0.764. The van der Waals surface area contributed by atoms with Gasteiger partial charge in [0.25, 0.3) is 0 Å². The minimum atomic E-state index is 0.0334. The summed E-state index contributed by atoms with van der Waals surface area (Å²) in [6.45, 7) is 2.28. The van der Waals surface area contributed by atoms with E-state index in [2.05, 4.69) is 69.7 Å². The van der Waals surface area contributed by atoms with Crippen molar-refractivity contribution in [2.45, 2.75) is 22.0 Å². The van der Waals surface area contributed by atoms with Crippen molar-refractivity contribution in [2.75, 3.05) is 40.9 Å². The lowest BCUT2D eigenvalue weighted by Gasteiger charge is -2.34. The Hall–Kier alpha value is -1.33. The Labute approximate surface area is 149 Å². The number of rotatable bonds is 5. The third-order valence-corrected chi connectivity index (χ3v) is 4.93. The summed E-state index contributed by atoms with van der Waals surface area (Å²) < 4.78 is 12.9. The highest BCUT2D eigenvalue weighted by Crippen LogP contribution is 2.30. The average Bonchev–Trinajstić information content (AvgIpc) is 2.55. The van der Waals surface area contributed by atoms with E-state index >= 15 is 0 Å². The second-order valence-corrected chi connectivity index (χ2v) is 8.39. The molecule has 0 N–H and O–H groups in total. The number of benzene rings is 2. The van der Waals surface area contributed by atoms with Crippen LogP contribution < -0.4 is 0 Å². The van der Waals surface area contributed by atoms with Gasteiger partial charge in [-0.3, -0.25) is 0 Å². The monoisotopic (exact) mass is 344 g/mol. The van der Waals surface area contributed by atoms with Crippen LogP contribution in [0.25, 0.3) is 0 Å². The summed E-state index contributed by atoms with van der Waals surface area (Å²) in [5.74, 6) is 0. The fraction of sp³-hybridized carbons (Fsp3) is 0.400. The van der Waals surface area contributed by atoms with E-state index in [0.717, 1.165) is 11.0 Å². The van der Waals surface area contributed by atoms with Crippen LogP contribution >= 0.6 is 11.8 Å². The topological polar surface area (TPSA) is 18.5 Å². The van der Waals surface area contributed by atoms with E-state index in [1.165, 1.54) is 15.4 Å². The van der Waals surface area contributed by atoms with Gasteiger partial charge in [0, 0.05) is 9.79 Å². The summed E-state index contributed by atoms with van der Waals surface area (Å²) in [5, 5.41) is 0. The Morgan fingerprint density at radius 2 is 1.58 bits per heavy atom. The van der Waals surface area contributed by atoms with Gasteiger partial charge in [-0.15, -0.1) is 0 Å². The number of quaternary nitrogens is 1. The number of nitrogens with zero attached hydrogens (tertiary/aromatic N) is 1. The largest absolute Gasteiger partial charge is 0.375 e. The first-order valence-corrected chi connectivity index (χ1v) is 9.18. The molecule has 0 amide bonds. The maximum atomic E-state index is 6.26. The van der Waals surface area contributed by atoms with Gasteiger partial charge in [-0.2, -0.15) is 0 Å². The second-order valence-electron chi connectivity index (χ2n) is 7.24. The smallest absolute Gasteiger partial charge is 0.130 e. The molecule has 3 rings (SSSR count). The lowest BCUT2D eigenvalue weighted by atomic mass is 10.1. The van der Waals surface area contributed by atoms with E-state index < -0.39 is 0 Å².